The fourth-order valence-electron chi connectivity index (χ4n) is 2.16. The van der Waals surface area contributed by atoms with Crippen molar-refractivity contribution in [2.24, 2.45) is 0 Å². The number of benzene rings is 2. The Morgan fingerprint density at radius 3 is 2.63 bits per heavy atom. The first-order valence-corrected chi connectivity index (χ1v) is 6.19. The summed E-state index contributed by atoms with van der Waals surface area (Å²) in [4.78, 5) is 15.4. The highest BCUT2D eigenvalue weighted by atomic mass is 16.1. The number of H-pyrrole nitrogens is 1. The quantitative estimate of drug-likeness (QED) is 0.715. The Morgan fingerprint density at radius 2 is 1.79 bits per heavy atom. The monoisotopic (exact) mass is 250 g/mol. The summed E-state index contributed by atoms with van der Waals surface area (Å²) in [7, 11) is 0. The van der Waals surface area contributed by atoms with Crippen LogP contribution in [0.25, 0.3) is 10.9 Å². The van der Waals surface area contributed by atoms with E-state index in [-0.39, 0.29) is 5.91 Å². The summed E-state index contributed by atoms with van der Waals surface area (Å²) in [6, 6.07) is 15.5. The SMILES string of the molecule is Cc1ccccc1NC(=O)c1c[nH]c2ccccc12. The van der Waals surface area contributed by atoms with Crippen molar-refractivity contribution in [3.63, 3.8) is 0 Å². The largest absolute Gasteiger partial charge is 0.360 e. The number of nitrogens with one attached hydrogen (secondary N) is 2. The molecule has 0 unspecified atom stereocenters. The lowest BCUT2D eigenvalue weighted by molar-refractivity contribution is 0.102. The number of rotatable bonds is 2. The Morgan fingerprint density at radius 1 is 1.05 bits per heavy atom. The summed E-state index contributed by atoms with van der Waals surface area (Å²) in [6.45, 7) is 1.98. The number of aromatic nitrogens is 1. The highest BCUT2D eigenvalue weighted by Gasteiger charge is 2.12. The summed E-state index contributed by atoms with van der Waals surface area (Å²) in [5.41, 5.74) is 3.53. The van der Waals surface area contributed by atoms with E-state index in [1.54, 1.807) is 6.20 Å². The number of aromatic amines is 1. The first-order chi connectivity index (χ1) is 9.25. The molecular formula is C16H14N2O. The fraction of sp³-hybridized carbons (Fsp3) is 0.0625. The molecule has 3 nitrogen and oxygen atoms in total. The van der Waals surface area contributed by atoms with Crippen molar-refractivity contribution in [2.45, 2.75) is 6.92 Å². The molecule has 3 aromatic rings. The van der Waals surface area contributed by atoms with Crippen LogP contribution >= 0.6 is 0 Å². The van der Waals surface area contributed by atoms with Crippen LogP contribution in [0.15, 0.2) is 54.7 Å². The predicted molar refractivity (Wildman–Crippen MR) is 77.4 cm³/mol. The highest BCUT2D eigenvalue weighted by molar-refractivity contribution is 6.12. The maximum absolute atomic E-state index is 12.3. The molecule has 0 saturated carbocycles. The Hall–Kier alpha value is -2.55. The second kappa shape index (κ2) is 4.61. The van der Waals surface area contributed by atoms with Gasteiger partial charge in [-0.05, 0) is 24.6 Å². The first-order valence-electron chi connectivity index (χ1n) is 6.19. The van der Waals surface area contributed by atoms with Crippen LogP contribution in [0.2, 0.25) is 0 Å². The Kier molecular flexibility index (Phi) is 2.80. The number of anilines is 1. The molecule has 94 valence electrons. The summed E-state index contributed by atoms with van der Waals surface area (Å²) < 4.78 is 0. The van der Waals surface area contributed by atoms with Gasteiger partial charge in [-0.15, -0.1) is 0 Å². The van der Waals surface area contributed by atoms with E-state index in [1.165, 1.54) is 0 Å². The van der Waals surface area contributed by atoms with Crippen LogP contribution in [-0.4, -0.2) is 10.9 Å². The molecule has 2 N–H and O–H groups in total. The van der Waals surface area contributed by atoms with Gasteiger partial charge >= 0.3 is 0 Å². The van der Waals surface area contributed by atoms with E-state index in [0.29, 0.717) is 5.56 Å². The number of carbonyl (C=O) groups is 1. The smallest absolute Gasteiger partial charge is 0.257 e. The van der Waals surface area contributed by atoms with Crippen LogP contribution < -0.4 is 5.32 Å². The fourth-order valence-corrected chi connectivity index (χ4v) is 2.16. The summed E-state index contributed by atoms with van der Waals surface area (Å²) in [6.07, 6.45) is 1.75. The van der Waals surface area contributed by atoms with E-state index in [0.717, 1.165) is 22.2 Å². The number of aryl methyl sites for hydroxylation is 1. The molecule has 1 amide bonds. The summed E-state index contributed by atoms with van der Waals surface area (Å²) in [5, 5.41) is 3.88. The lowest BCUT2D eigenvalue weighted by Crippen LogP contribution is -2.12. The normalized spacial score (nSPS) is 10.6. The van der Waals surface area contributed by atoms with Gasteiger partial charge in [0.25, 0.3) is 5.91 Å². The van der Waals surface area contributed by atoms with Gasteiger partial charge in [0.05, 0.1) is 5.56 Å². The number of hydrogen-bond donors (Lipinski definition) is 2. The number of carbonyl (C=O) groups excluding carboxylic acids is 1. The molecule has 1 aromatic heterocycles. The van der Waals surface area contributed by atoms with E-state index in [4.69, 9.17) is 0 Å². The molecule has 19 heavy (non-hydrogen) atoms. The van der Waals surface area contributed by atoms with Crippen molar-refractivity contribution in [1.82, 2.24) is 4.98 Å². The van der Waals surface area contributed by atoms with Crippen LogP contribution in [0.4, 0.5) is 5.69 Å². The molecule has 3 rings (SSSR count). The minimum absolute atomic E-state index is 0.0910. The first kappa shape index (κ1) is 11.5. The second-order valence-corrected chi connectivity index (χ2v) is 4.52. The van der Waals surface area contributed by atoms with E-state index in [2.05, 4.69) is 10.3 Å². The Bertz CT molecular complexity index is 743. The Labute approximate surface area is 111 Å². The van der Waals surface area contributed by atoms with Gasteiger partial charge in [-0.25, -0.2) is 0 Å². The van der Waals surface area contributed by atoms with Gasteiger partial charge in [-0.2, -0.15) is 0 Å². The maximum Gasteiger partial charge on any atom is 0.257 e. The van der Waals surface area contributed by atoms with Crippen LogP contribution in [0.1, 0.15) is 15.9 Å². The van der Waals surface area contributed by atoms with Crippen molar-refractivity contribution in [3.05, 3.63) is 65.9 Å². The number of hydrogen-bond acceptors (Lipinski definition) is 1. The zero-order valence-corrected chi connectivity index (χ0v) is 10.6. The van der Waals surface area contributed by atoms with Crippen molar-refractivity contribution >= 4 is 22.5 Å². The molecule has 3 heteroatoms. The number of fused-ring (bicyclic) bond motifs is 1. The van der Waals surface area contributed by atoms with Gasteiger partial charge in [0.2, 0.25) is 0 Å². The molecule has 0 aliphatic heterocycles. The number of amides is 1. The highest BCUT2D eigenvalue weighted by Crippen LogP contribution is 2.20. The molecule has 2 aromatic carbocycles. The average molecular weight is 250 g/mol. The standard InChI is InChI=1S/C16H14N2O/c1-11-6-2-4-8-14(11)18-16(19)13-10-17-15-9-5-3-7-12(13)15/h2-10,17H,1H3,(H,18,19). The number of para-hydroxylation sites is 2. The third-order valence-corrected chi connectivity index (χ3v) is 3.23. The molecule has 0 aliphatic rings. The summed E-state index contributed by atoms with van der Waals surface area (Å²) >= 11 is 0. The van der Waals surface area contributed by atoms with E-state index >= 15 is 0 Å². The third-order valence-electron chi connectivity index (χ3n) is 3.23. The van der Waals surface area contributed by atoms with Crippen molar-refractivity contribution in [3.8, 4) is 0 Å². The molecule has 1 heterocycles. The minimum Gasteiger partial charge on any atom is -0.360 e. The second-order valence-electron chi connectivity index (χ2n) is 4.52. The van der Waals surface area contributed by atoms with Crippen LogP contribution in [0.5, 0.6) is 0 Å². The van der Waals surface area contributed by atoms with Crippen molar-refractivity contribution in [1.29, 1.82) is 0 Å². The molecule has 0 saturated heterocycles. The average Bonchev–Trinajstić information content (AvgIpc) is 2.85. The van der Waals surface area contributed by atoms with E-state index < -0.39 is 0 Å². The Balaban J connectivity index is 1.95. The van der Waals surface area contributed by atoms with Crippen LogP contribution in [0.3, 0.4) is 0 Å². The maximum atomic E-state index is 12.3. The summed E-state index contributed by atoms with van der Waals surface area (Å²) in [5.74, 6) is -0.0910. The molecule has 0 fully saturated rings. The topological polar surface area (TPSA) is 44.9 Å². The molecular weight excluding hydrogens is 236 g/mol. The van der Waals surface area contributed by atoms with Gasteiger partial charge in [0.1, 0.15) is 0 Å². The molecule has 0 atom stereocenters. The zero-order chi connectivity index (χ0) is 13.2. The third kappa shape index (κ3) is 2.10. The molecule has 0 radical (unpaired) electrons. The van der Waals surface area contributed by atoms with Crippen LogP contribution in [0, 0.1) is 6.92 Å². The van der Waals surface area contributed by atoms with E-state index in [1.807, 2.05) is 55.5 Å². The van der Waals surface area contributed by atoms with E-state index in [9.17, 15) is 4.79 Å². The van der Waals surface area contributed by atoms with Gasteiger partial charge in [-0.1, -0.05) is 36.4 Å². The molecule has 0 bridgehead atoms. The predicted octanol–water partition coefficient (Wildman–Crippen LogP) is 3.73. The van der Waals surface area contributed by atoms with Gasteiger partial charge in [0.15, 0.2) is 0 Å². The minimum atomic E-state index is -0.0910. The van der Waals surface area contributed by atoms with Gasteiger partial charge in [-0.3, -0.25) is 4.79 Å². The van der Waals surface area contributed by atoms with Crippen molar-refractivity contribution in [2.75, 3.05) is 5.32 Å². The molecule has 0 aliphatic carbocycles. The van der Waals surface area contributed by atoms with Gasteiger partial charge in [0, 0.05) is 22.8 Å². The lowest BCUT2D eigenvalue weighted by Gasteiger charge is -2.07. The lowest BCUT2D eigenvalue weighted by atomic mass is 10.1. The molecule has 0 spiro atoms. The van der Waals surface area contributed by atoms with Crippen molar-refractivity contribution < 1.29 is 4.79 Å². The van der Waals surface area contributed by atoms with Crippen LogP contribution in [-0.2, 0) is 0 Å². The van der Waals surface area contributed by atoms with Gasteiger partial charge < -0.3 is 10.3 Å². The zero-order valence-electron chi connectivity index (χ0n) is 10.6.